The zero-order valence-electron chi connectivity index (χ0n) is 11.2. The molecule has 96 valence electrons. The monoisotopic (exact) mass is 246 g/mol. The molecule has 0 N–H and O–H groups in total. The first-order chi connectivity index (χ1) is 8.46. The molecular formula is C15H18O3. The Hall–Kier alpha value is -1.95. The Bertz CT molecular complexity index is 473. The number of benzene rings is 1. The van der Waals surface area contributed by atoms with Gasteiger partial charge in [-0.15, -0.1) is 0 Å². The Kier molecular flexibility index (Phi) is 4.79. The summed E-state index contributed by atoms with van der Waals surface area (Å²) in [5, 5.41) is 0. The first kappa shape index (κ1) is 14.1. The number of hydrogen-bond acceptors (Lipinski definition) is 3. The summed E-state index contributed by atoms with van der Waals surface area (Å²) in [5.74, 6) is 7.14. The Morgan fingerprint density at radius 1 is 1.33 bits per heavy atom. The average Bonchev–Trinajstić information content (AvgIpc) is 2.33. The molecule has 0 aromatic heterocycles. The van der Waals surface area contributed by atoms with Crippen LogP contribution >= 0.6 is 0 Å². The standard InChI is InChI=1S/C15H18O3/c1-15(2,3)8-5-9-18-14-10-13(17-4)7-6-12(14)11-16/h6-7,10-11H,9H2,1-4H3. The Balaban J connectivity index is 2.76. The van der Waals surface area contributed by atoms with Gasteiger partial charge in [-0.2, -0.15) is 0 Å². The van der Waals surface area contributed by atoms with Crippen molar-refractivity contribution in [1.29, 1.82) is 0 Å². The second kappa shape index (κ2) is 6.11. The molecule has 0 heterocycles. The SMILES string of the molecule is COc1ccc(C=O)c(OCC#CC(C)(C)C)c1. The second-order valence-electron chi connectivity index (χ2n) is 4.86. The molecule has 0 bridgehead atoms. The van der Waals surface area contributed by atoms with Crippen molar-refractivity contribution in [3.8, 4) is 23.3 Å². The van der Waals surface area contributed by atoms with Crippen molar-refractivity contribution >= 4 is 6.29 Å². The van der Waals surface area contributed by atoms with Crippen molar-refractivity contribution in [1.82, 2.24) is 0 Å². The molecule has 0 saturated heterocycles. The molecule has 1 aromatic carbocycles. The van der Waals surface area contributed by atoms with Gasteiger partial charge in [0.2, 0.25) is 0 Å². The maximum atomic E-state index is 10.9. The molecule has 0 unspecified atom stereocenters. The van der Waals surface area contributed by atoms with E-state index in [1.54, 1.807) is 25.3 Å². The molecule has 0 aliphatic carbocycles. The molecular weight excluding hydrogens is 228 g/mol. The van der Waals surface area contributed by atoms with E-state index in [2.05, 4.69) is 11.8 Å². The molecule has 3 nitrogen and oxygen atoms in total. The van der Waals surface area contributed by atoms with Gasteiger partial charge < -0.3 is 9.47 Å². The summed E-state index contributed by atoms with van der Waals surface area (Å²) in [7, 11) is 1.57. The molecule has 1 rings (SSSR count). The van der Waals surface area contributed by atoms with E-state index in [-0.39, 0.29) is 12.0 Å². The first-order valence-corrected chi connectivity index (χ1v) is 5.72. The van der Waals surface area contributed by atoms with Crippen molar-refractivity contribution in [3.63, 3.8) is 0 Å². The van der Waals surface area contributed by atoms with Gasteiger partial charge in [0.1, 0.15) is 18.1 Å². The quantitative estimate of drug-likeness (QED) is 0.605. The highest BCUT2D eigenvalue weighted by atomic mass is 16.5. The van der Waals surface area contributed by atoms with Gasteiger partial charge in [-0.3, -0.25) is 4.79 Å². The van der Waals surface area contributed by atoms with Crippen LogP contribution in [0.15, 0.2) is 18.2 Å². The van der Waals surface area contributed by atoms with Gasteiger partial charge in [0.05, 0.1) is 12.7 Å². The van der Waals surface area contributed by atoms with Crippen LogP contribution in [0.5, 0.6) is 11.5 Å². The molecule has 0 aliphatic rings. The summed E-state index contributed by atoms with van der Waals surface area (Å²) in [4.78, 5) is 10.9. The van der Waals surface area contributed by atoms with Crippen molar-refractivity contribution in [3.05, 3.63) is 23.8 Å². The molecule has 0 amide bonds. The fourth-order valence-electron chi connectivity index (χ4n) is 1.28. The van der Waals surface area contributed by atoms with E-state index in [0.717, 1.165) is 6.29 Å². The molecule has 0 aliphatic heterocycles. The van der Waals surface area contributed by atoms with Crippen LogP contribution in [0, 0.1) is 17.3 Å². The third kappa shape index (κ3) is 4.50. The minimum atomic E-state index is -0.0504. The number of ether oxygens (including phenoxy) is 2. The van der Waals surface area contributed by atoms with Crippen molar-refractivity contribution in [2.75, 3.05) is 13.7 Å². The topological polar surface area (TPSA) is 35.5 Å². The summed E-state index contributed by atoms with van der Waals surface area (Å²) in [5.41, 5.74) is 0.443. The average molecular weight is 246 g/mol. The van der Waals surface area contributed by atoms with Gasteiger partial charge in [0, 0.05) is 11.5 Å². The smallest absolute Gasteiger partial charge is 0.153 e. The first-order valence-electron chi connectivity index (χ1n) is 5.72. The zero-order valence-corrected chi connectivity index (χ0v) is 11.2. The van der Waals surface area contributed by atoms with Gasteiger partial charge in [-0.1, -0.05) is 11.8 Å². The van der Waals surface area contributed by atoms with Crippen LogP contribution in [-0.4, -0.2) is 20.0 Å². The van der Waals surface area contributed by atoms with Crippen LogP contribution < -0.4 is 9.47 Å². The third-order valence-electron chi connectivity index (χ3n) is 2.11. The maximum absolute atomic E-state index is 10.9. The summed E-state index contributed by atoms with van der Waals surface area (Å²) in [6.07, 6.45) is 0.756. The van der Waals surface area contributed by atoms with E-state index in [9.17, 15) is 4.79 Å². The van der Waals surface area contributed by atoms with Crippen LogP contribution in [0.25, 0.3) is 0 Å². The molecule has 0 atom stereocenters. The predicted octanol–water partition coefficient (Wildman–Crippen LogP) is 2.94. The van der Waals surface area contributed by atoms with Gasteiger partial charge in [-0.05, 0) is 32.9 Å². The second-order valence-corrected chi connectivity index (χ2v) is 4.86. The number of carbonyl (C=O) groups is 1. The lowest BCUT2D eigenvalue weighted by molar-refractivity contribution is 0.112. The van der Waals surface area contributed by atoms with Crippen LogP contribution in [-0.2, 0) is 0 Å². The molecule has 1 aromatic rings. The summed E-state index contributed by atoms with van der Waals surface area (Å²) < 4.78 is 10.6. The molecule has 0 saturated carbocycles. The minimum Gasteiger partial charge on any atom is -0.497 e. The van der Waals surface area contributed by atoms with Crippen LogP contribution in [0.2, 0.25) is 0 Å². The summed E-state index contributed by atoms with van der Waals surface area (Å²) in [6.45, 7) is 6.35. The highest BCUT2D eigenvalue weighted by Crippen LogP contribution is 2.23. The number of carbonyl (C=O) groups excluding carboxylic acids is 1. The van der Waals surface area contributed by atoms with Crippen LogP contribution in [0.1, 0.15) is 31.1 Å². The molecule has 0 fully saturated rings. The van der Waals surface area contributed by atoms with E-state index in [0.29, 0.717) is 17.1 Å². The normalized spacial score (nSPS) is 10.2. The number of hydrogen-bond donors (Lipinski definition) is 0. The highest BCUT2D eigenvalue weighted by molar-refractivity contribution is 5.79. The zero-order chi connectivity index (χ0) is 13.6. The van der Waals surface area contributed by atoms with Crippen molar-refractivity contribution in [2.24, 2.45) is 5.41 Å². The molecule has 3 heteroatoms. The molecule has 0 radical (unpaired) electrons. The largest absolute Gasteiger partial charge is 0.497 e. The Morgan fingerprint density at radius 2 is 2.06 bits per heavy atom. The maximum Gasteiger partial charge on any atom is 0.153 e. The van der Waals surface area contributed by atoms with Gasteiger partial charge in [0.25, 0.3) is 0 Å². The van der Waals surface area contributed by atoms with E-state index < -0.39 is 0 Å². The predicted molar refractivity (Wildman–Crippen MR) is 71.1 cm³/mol. The van der Waals surface area contributed by atoms with E-state index >= 15 is 0 Å². The van der Waals surface area contributed by atoms with Gasteiger partial charge in [-0.25, -0.2) is 0 Å². The van der Waals surface area contributed by atoms with Gasteiger partial charge in [0.15, 0.2) is 6.29 Å². The van der Waals surface area contributed by atoms with Gasteiger partial charge >= 0.3 is 0 Å². The molecule has 0 spiro atoms. The molecule has 18 heavy (non-hydrogen) atoms. The lowest BCUT2D eigenvalue weighted by Gasteiger charge is -2.09. The van der Waals surface area contributed by atoms with E-state index in [1.807, 2.05) is 20.8 Å². The van der Waals surface area contributed by atoms with E-state index in [4.69, 9.17) is 9.47 Å². The summed E-state index contributed by atoms with van der Waals surface area (Å²) in [6, 6.07) is 5.07. The van der Waals surface area contributed by atoms with Crippen LogP contribution in [0.4, 0.5) is 0 Å². The highest BCUT2D eigenvalue weighted by Gasteiger charge is 2.05. The minimum absolute atomic E-state index is 0.0504. The van der Waals surface area contributed by atoms with Crippen molar-refractivity contribution in [2.45, 2.75) is 20.8 Å². The van der Waals surface area contributed by atoms with Crippen molar-refractivity contribution < 1.29 is 14.3 Å². The number of methoxy groups -OCH3 is 1. The fourth-order valence-corrected chi connectivity index (χ4v) is 1.28. The number of aldehydes is 1. The Morgan fingerprint density at radius 3 is 2.61 bits per heavy atom. The summed E-state index contributed by atoms with van der Waals surface area (Å²) >= 11 is 0. The van der Waals surface area contributed by atoms with Crippen LogP contribution in [0.3, 0.4) is 0 Å². The lowest BCUT2D eigenvalue weighted by Crippen LogP contribution is -2.02. The fraction of sp³-hybridized carbons (Fsp3) is 0.400. The third-order valence-corrected chi connectivity index (χ3v) is 2.11. The Labute approximate surface area is 108 Å². The van der Waals surface area contributed by atoms with E-state index in [1.165, 1.54) is 0 Å². The number of rotatable bonds is 4. The lowest BCUT2D eigenvalue weighted by atomic mass is 9.98.